The quantitative estimate of drug-likeness (QED) is 0.237. The van der Waals surface area contributed by atoms with Crippen molar-refractivity contribution in [3.05, 3.63) is 5.89 Å². The third-order valence-electron chi connectivity index (χ3n) is 6.29. The Morgan fingerprint density at radius 3 is 2.33 bits per heavy atom. The molecule has 0 saturated heterocycles. The second kappa shape index (κ2) is 12.1. The summed E-state index contributed by atoms with van der Waals surface area (Å²) in [5.41, 5.74) is -0.826. The van der Waals surface area contributed by atoms with Crippen molar-refractivity contribution in [3.63, 3.8) is 0 Å². The van der Waals surface area contributed by atoms with Gasteiger partial charge in [0.05, 0.1) is 0 Å². The van der Waals surface area contributed by atoms with Crippen LogP contribution in [0.3, 0.4) is 0 Å². The van der Waals surface area contributed by atoms with Gasteiger partial charge >= 0.3 is 0 Å². The van der Waals surface area contributed by atoms with E-state index in [1.807, 2.05) is 19.0 Å². The molecule has 2 saturated carbocycles. The maximum absolute atomic E-state index is 13.6. The Morgan fingerprint density at radius 2 is 1.73 bits per heavy atom. The highest BCUT2D eigenvalue weighted by Crippen LogP contribution is 2.39. The van der Waals surface area contributed by atoms with Crippen molar-refractivity contribution in [1.29, 1.82) is 0 Å². The van der Waals surface area contributed by atoms with Gasteiger partial charge in [-0.1, -0.05) is 56.7 Å². The first-order chi connectivity index (χ1) is 14.1. The number of amides is 1. The smallest absolute Gasteiger partial charge is 0.287 e. The first-order valence-electron chi connectivity index (χ1n) is 11.0. The van der Waals surface area contributed by atoms with Gasteiger partial charge in [0.25, 0.3) is 11.1 Å². The normalized spacial score (nSPS) is 19.7. The summed E-state index contributed by atoms with van der Waals surface area (Å²) in [6.07, 6.45) is 11.9. The van der Waals surface area contributed by atoms with E-state index in [0.29, 0.717) is 18.1 Å². The van der Waals surface area contributed by atoms with Crippen LogP contribution in [0.4, 0.5) is 0 Å². The third-order valence-corrected chi connectivity index (χ3v) is 7.09. The third kappa shape index (κ3) is 5.98. The number of hydrogen-bond donors (Lipinski definition) is 0. The Morgan fingerprint density at radius 1 is 1.10 bits per heavy atom. The molecule has 0 spiro atoms. The van der Waals surface area contributed by atoms with E-state index in [1.165, 1.54) is 24.6 Å². The van der Waals surface area contributed by atoms with E-state index in [9.17, 15) is 9.59 Å². The fraction of sp³-hybridized carbons (Fsp3) is 0.810. The summed E-state index contributed by atoms with van der Waals surface area (Å²) in [6.45, 7) is 0.890. The van der Waals surface area contributed by atoms with E-state index in [2.05, 4.69) is 15.1 Å². The Balaban J connectivity index is 0.00000320. The van der Waals surface area contributed by atoms with Crippen molar-refractivity contribution in [2.45, 2.75) is 87.4 Å². The highest BCUT2D eigenvalue weighted by Gasteiger charge is 2.49. The number of nitrogens with zero attached hydrogens (tertiary/aromatic N) is 4. The molecule has 2 aliphatic carbocycles. The van der Waals surface area contributed by atoms with Crippen LogP contribution >= 0.6 is 24.2 Å². The first-order valence-corrected chi connectivity index (χ1v) is 11.9. The second-order valence-corrected chi connectivity index (χ2v) is 9.65. The van der Waals surface area contributed by atoms with Crippen LogP contribution in [0.15, 0.2) is 9.64 Å². The van der Waals surface area contributed by atoms with Crippen molar-refractivity contribution in [3.8, 4) is 0 Å². The summed E-state index contributed by atoms with van der Waals surface area (Å²) in [6, 6.07) is 0.133. The molecule has 0 aromatic carbocycles. The van der Waals surface area contributed by atoms with Crippen LogP contribution < -0.4 is 0 Å². The van der Waals surface area contributed by atoms with E-state index in [4.69, 9.17) is 4.42 Å². The Kier molecular flexibility index (Phi) is 10.1. The molecule has 3 rings (SSSR count). The topological polar surface area (TPSA) is 79.5 Å². The van der Waals surface area contributed by atoms with Gasteiger partial charge in [-0.25, -0.2) is 0 Å². The number of hydrogen-bond acceptors (Lipinski definition) is 7. The highest BCUT2D eigenvalue weighted by molar-refractivity contribution is 7.99. The predicted octanol–water partition coefficient (Wildman–Crippen LogP) is 4.21. The maximum Gasteiger partial charge on any atom is 0.287 e. The van der Waals surface area contributed by atoms with E-state index < -0.39 is 5.54 Å². The van der Waals surface area contributed by atoms with E-state index in [0.717, 1.165) is 63.7 Å². The Bertz CT molecular complexity index is 671. The molecule has 0 N–H and O–H groups in total. The molecule has 1 heterocycles. The molecule has 0 bridgehead atoms. The zero-order chi connectivity index (χ0) is 20.7. The molecule has 1 aromatic heterocycles. The minimum absolute atomic E-state index is 0. The second-order valence-electron chi connectivity index (χ2n) is 8.60. The van der Waals surface area contributed by atoms with Gasteiger partial charge in [0.2, 0.25) is 12.2 Å². The molecule has 1 amide bonds. The number of aromatic nitrogens is 2. The zero-order valence-corrected chi connectivity index (χ0v) is 19.8. The zero-order valence-electron chi connectivity index (χ0n) is 18.2. The van der Waals surface area contributed by atoms with Crippen molar-refractivity contribution in [2.75, 3.05) is 26.4 Å². The lowest BCUT2D eigenvalue weighted by molar-refractivity contribution is -0.127. The van der Waals surface area contributed by atoms with Gasteiger partial charge in [-0.3, -0.25) is 9.59 Å². The van der Waals surface area contributed by atoms with E-state index >= 15 is 0 Å². The Hall–Kier alpha value is -1.12. The summed E-state index contributed by atoms with van der Waals surface area (Å²) in [4.78, 5) is 29.8. The number of carbonyl (C=O) groups is 2. The molecule has 2 fully saturated rings. The number of carbonyl (C=O) groups excluding carboxylic acids is 2. The molecular formula is C21H35ClN4O3S. The standard InChI is InChI=1S/C21H34N4O3S.ClH/c1-24(2)14-15-29-20-23-22-19(28-20)18(27)21(12-8-5-9-13-21)25(16-26)17-10-6-3-4-7-11-17;/h16-17H,3-15H2,1-2H3;1H. The van der Waals surface area contributed by atoms with E-state index in [1.54, 1.807) is 0 Å². The lowest BCUT2D eigenvalue weighted by atomic mass is 9.76. The minimum atomic E-state index is -0.826. The molecule has 0 atom stereocenters. The Labute approximate surface area is 190 Å². The van der Waals surface area contributed by atoms with Crippen LogP contribution in [0.25, 0.3) is 0 Å². The lowest BCUT2D eigenvalue weighted by Gasteiger charge is -2.46. The number of rotatable bonds is 9. The largest absolute Gasteiger partial charge is 0.408 e. The summed E-state index contributed by atoms with van der Waals surface area (Å²) in [5.74, 6) is 0.705. The first kappa shape index (κ1) is 25.1. The van der Waals surface area contributed by atoms with Crippen LogP contribution in [0, 0.1) is 0 Å². The van der Waals surface area contributed by atoms with Crippen LogP contribution in [-0.2, 0) is 4.79 Å². The predicted molar refractivity (Wildman–Crippen MR) is 120 cm³/mol. The van der Waals surface area contributed by atoms with Gasteiger partial charge in [-0.05, 0) is 39.8 Å². The average molecular weight is 459 g/mol. The molecule has 170 valence electrons. The number of ketones is 1. The molecule has 1 aromatic rings. The number of thioether (sulfide) groups is 1. The van der Waals surface area contributed by atoms with Gasteiger partial charge < -0.3 is 14.2 Å². The van der Waals surface area contributed by atoms with Crippen LogP contribution in [-0.4, -0.2) is 70.2 Å². The summed E-state index contributed by atoms with van der Waals surface area (Å²) in [5, 5.41) is 8.57. The molecule has 2 aliphatic rings. The van der Waals surface area contributed by atoms with Gasteiger partial charge in [0.15, 0.2) is 0 Å². The van der Waals surface area contributed by atoms with Crippen molar-refractivity contribution in [1.82, 2.24) is 20.0 Å². The van der Waals surface area contributed by atoms with Gasteiger partial charge in [0.1, 0.15) is 5.54 Å². The number of halogens is 1. The maximum atomic E-state index is 13.6. The monoisotopic (exact) mass is 458 g/mol. The van der Waals surface area contributed by atoms with Crippen molar-refractivity contribution < 1.29 is 14.0 Å². The van der Waals surface area contributed by atoms with Gasteiger partial charge in [-0.15, -0.1) is 22.6 Å². The summed E-state index contributed by atoms with van der Waals surface area (Å²) < 4.78 is 5.74. The lowest BCUT2D eigenvalue weighted by Crippen LogP contribution is -2.59. The molecule has 0 unspecified atom stereocenters. The fourth-order valence-corrected chi connectivity index (χ4v) is 5.55. The molecule has 0 radical (unpaired) electrons. The summed E-state index contributed by atoms with van der Waals surface area (Å²) in [7, 11) is 4.02. The SMILES string of the molecule is CN(C)CCSc1nnc(C(=O)C2(N(C=O)C3CCCCCC3)CCCCC2)o1.Cl. The molecular weight excluding hydrogens is 424 g/mol. The van der Waals surface area contributed by atoms with Crippen LogP contribution in [0.5, 0.6) is 0 Å². The van der Waals surface area contributed by atoms with Crippen molar-refractivity contribution >= 4 is 36.4 Å². The van der Waals surface area contributed by atoms with Crippen molar-refractivity contribution in [2.24, 2.45) is 0 Å². The molecule has 0 aliphatic heterocycles. The minimum Gasteiger partial charge on any atom is -0.408 e. The fourth-order valence-electron chi connectivity index (χ4n) is 4.69. The van der Waals surface area contributed by atoms with Crippen LogP contribution in [0.1, 0.15) is 81.3 Å². The highest BCUT2D eigenvalue weighted by atomic mass is 35.5. The average Bonchev–Trinajstić information content (AvgIpc) is 3.03. The van der Waals surface area contributed by atoms with Gasteiger partial charge in [-0.2, -0.15) is 0 Å². The van der Waals surface area contributed by atoms with Gasteiger partial charge in [0, 0.05) is 18.3 Å². The molecule has 9 heteroatoms. The summed E-state index contributed by atoms with van der Waals surface area (Å²) >= 11 is 1.46. The van der Waals surface area contributed by atoms with E-state index in [-0.39, 0.29) is 30.1 Å². The molecule has 7 nitrogen and oxygen atoms in total. The number of Topliss-reactive ketones (excluding diaryl/α,β-unsaturated/α-hetero) is 1. The van der Waals surface area contributed by atoms with Crippen LogP contribution in [0.2, 0.25) is 0 Å². The molecule has 30 heavy (non-hydrogen) atoms.